The number of anilines is 1. The number of sulfonamides is 1. The van der Waals surface area contributed by atoms with Crippen LogP contribution in [0.15, 0.2) is 60.0 Å². The molecule has 1 atom stereocenters. The topological polar surface area (TPSA) is 49.4 Å². The molecule has 0 aliphatic carbocycles. The summed E-state index contributed by atoms with van der Waals surface area (Å²) in [7, 11) is -3.58. The third-order valence-corrected chi connectivity index (χ3v) is 6.27. The van der Waals surface area contributed by atoms with Crippen LogP contribution in [0.4, 0.5) is 5.69 Å². The molecule has 1 fully saturated rings. The minimum absolute atomic E-state index is 0.248. The molecule has 0 radical (unpaired) electrons. The average Bonchev–Trinajstić information content (AvgIpc) is 3.11. The first-order chi connectivity index (χ1) is 12.5. The molecule has 1 aliphatic heterocycles. The third kappa shape index (κ3) is 4.34. The summed E-state index contributed by atoms with van der Waals surface area (Å²) >= 11 is 0. The molecule has 0 saturated carbocycles. The molecule has 26 heavy (non-hydrogen) atoms. The van der Waals surface area contributed by atoms with Crippen LogP contribution in [-0.2, 0) is 10.0 Å². The van der Waals surface area contributed by atoms with Crippen molar-refractivity contribution in [3.8, 4) is 0 Å². The third-order valence-electron chi connectivity index (χ3n) is 4.87. The predicted octanol–water partition coefficient (Wildman–Crippen LogP) is 4.33. The van der Waals surface area contributed by atoms with Gasteiger partial charge in [0, 0.05) is 12.2 Å². The van der Waals surface area contributed by atoms with Gasteiger partial charge >= 0.3 is 0 Å². The normalized spacial score (nSPS) is 18.0. The molecule has 1 unspecified atom stereocenters. The Hall–Kier alpha value is -2.11. The number of hydrogen-bond donors (Lipinski definition) is 1. The molecule has 0 bridgehead atoms. The van der Waals surface area contributed by atoms with E-state index >= 15 is 0 Å². The summed E-state index contributed by atoms with van der Waals surface area (Å²) < 4.78 is 27.7. The van der Waals surface area contributed by atoms with Gasteiger partial charge in [-0.1, -0.05) is 43.8 Å². The summed E-state index contributed by atoms with van der Waals surface area (Å²) in [4.78, 5) is 2.74. The molecule has 1 saturated heterocycles. The maximum atomic E-state index is 12.5. The van der Waals surface area contributed by atoms with Gasteiger partial charge in [0.1, 0.15) is 0 Å². The first-order valence-electron chi connectivity index (χ1n) is 9.09. The second-order valence-electron chi connectivity index (χ2n) is 6.79. The molecular weight excluding hydrogens is 344 g/mol. The fourth-order valence-corrected chi connectivity index (χ4v) is 4.50. The van der Waals surface area contributed by atoms with Crippen LogP contribution >= 0.6 is 0 Å². The molecule has 0 amide bonds. The van der Waals surface area contributed by atoms with E-state index in [4.69, 9.17) is 0 Å². The summed E-state index contributed by atoms with van der Waals surface area (Å²) in [6, 6.07) is 14.5. The zero-order chi connectivity index (χ0) is 18.6. The zero-order valence-corrected chi connectivity index (χ0v) is 16.0. The number of likely N-dealkylation sites (tertiary alicyclic amines) is 1. The maximum absolute atomic E-state index is 12.5. The molecular formula is C21H26N2O2S. The predicted molar refractivity (Wildman–Crippen MR) is 108 cm³/mol. The van der Waals surface area contributed by atoms with Crippen LogP contribution in [0.25, 0.3) is 6.08 Å². The van der Waals surface area contributed by atoms with Gasteiger partial charge in [-0.3, -0.25) is 4.72 Å². The smallest absolute Gasteiger partial charge is 0.261 e. The van der Waals surface area contributed by atoms with Crippen molar-refractivity contribution in [1.29, 1.82) is 0 Å². The van der Waals surface area contributed by atoms with E-state index in [1.807, 2.05) is 24.3 Å². The summed E-state index contributed by atoms with van der Waals surface area (Å²) in [5, 5.41) is 0. The molecule has 1 heterocycles. The number of nitrogens with one attached hydrogen (secondary N) is 1. The van der Waals surface area contributed by atoms with E-state index in [0.29, 0.717) is 11.6 Å². The Morgan fingerprint density at radius 3 is 2.46 bits per heavy atom. The van der Waals surface area contributed by atoms with Gasteiger partial charge in [0.25, 0.3) is 10.0 Å². The SMILES string of the molecule is C=Cc1ccc(S(=O)(=O)Nc2ccc(C3CCN(CCC)C3)cc2)cc1. The number of nitrogens with zero attached hydrogens (tertiary/aromatic N) is 1. The minimum Gasteiger partial charge on any atom is -0.303 e. The number of benzene rings is 2. The van der Waals surface area contributed by atoms with Crippen LogP contribution in [0, 0.1) is 0 Å². The van der Waals surface area contributed by atoms with Gasteiger partial charge in [-0.2, -0.15) is 0 Å². The highest BCUT2D eigenvalue weighted by Crippen LogP contribution is 2.28. The second-order valence-corrected chi connectivity index (χ2v) is 8.47. The lowest BCUT2D eigenvalue weighted by Gasteiger charge is -2.15. The fraction of sp³-hybridized carbons (Fsp3) is 0.333. The van der Waals surface area contributed by atoms with Gasteiger partial charge in [0.15, 0.2) is 0 Å². The Morgan fingerprint density at radius 2 is 1.85 bits per heavy atom. The molecule has 2 aromatic carbocycles. The van der Waals surface area contributed by atoms with Gasteiger partial charge in [-0.15, -0.1) is 0 Å². The first-order valence-corrected chi connectivity index (χ1v) is 10.6. The van der Waals surface area contributed by atoms with Crippen molar-refractivity contribution < 1.29 is 8.42 Å². The van der Waals surface area contributed by atoms with Crippen molar-refractivity contribution >= 4 is 21.8 Å². The Kier molecular flexibility index (Phi) is 5.79. The van der Waals surface area contributed by atoms with E-state index in [2.05, 4.69) is 23.1 Å². The second kappa shape index (κ2) is 8.06. The first kappa shape index (κ1) is 18.7. The standard InChI is InChI=1S/C21H26N2O2S/c1-3-14-23-15-13-19(16-23)18-7-9-20(10-8-18)22-26(24,25)21-11-5-17(4-2)6-12-21/h4-12,19,22H,2-3,13-16H2,1H3. The van der Waals surface area contributed by atoms with Crippen LogP contribution in [0.2, 0.25) is 0 Å². The van der Waals surface area contributed by atoms with Crippen molar-refractivity contribution in [2.75, 3.05) is 24.4 Å². The van der Waals surface area contributed by atoms with Gasteiger partial charge < -0.3 is 4.90 Å². The summed E-state index contributed by atoms with van der Waals surface area (Å²) in [5.41, 5.74) is 2.76. The quantitative estimate of drug-likeness (QED) is 0.789. The summed E-state index contributed by atoms with van der Waals surface area (Å²) in [5.74, 6) is 0.540. The van der Waals surface area contributed by atoms with Gasteiger partial charge in [0.05, 0.1) is 4.90 Å². The molecule has 138 valence electrons. The Labute approximate surface area is 156 Å². The summed E-state index contributed by atoms with van der Waals surface area (Å²) in [6.07, 6.45) is 4.04. The molecule has 5 heteroatoms. The van der Waals surface area contributed by atoms with Crippen LogP contribution in [0.1, 0.15) is 36.8 Å². The molecule has 0 spiro atoms. The van der Waals surface area contributed by atoms with Crippen LogP contribution in [-0.4, -0.2) is 33.0 Å². The average molecular weight is 371 g/mol. The lowest BCUT2D eigenvalue weighted by atomic mass is 9.98. The van der Waals surface area contributed by atoms with Crippen LogP contribution < -0.4 is 4.72 Å². The van der Waals surface area contributed by atoms with Crippen molar-refractivity contribution in [3.63, 3.8) is 0 Å². The van der Waals surface area contributed by atoms with E-state index < -0.39 is 10.0 Å². The van der Waals surface area contributed by atoms with Gasteiger partial charge in [-0.05, 0) is 67.2 Å². The maximum Gasteiger partial charge on any atom is 0.261 e. The largest absolute Gasteiger partial charge is 0.303 e. The van der Waals surface area contributed by atoms with E-state index in [-0.39, 0.29) is 4.90 Å². The van der Waals surface area contributed by atoms with E-state index in [0.717, 1.165) is 25.2 Å². The fourth-order valence-electron chi connectivity index (χ4n) is 3.44. The van der Waals surface area contributed by atoms with Crippen molar-refractivity contribution in [2.45, 2.75) is 30.6 Å². The lowest BCUT2D eigenvalue weighted by Crippen LogP contribution is -2.20. The molecule has 2 aromatic rings. The van der Waals surface area contributed by atoms with Crippen molar-refractivity contribution in [1.82, 2.24) is 4.90 Å². The lowest BCUT2D eigenvalue weighted by molar-refractivity contribution is 0.335. The minimum atomic E-state index is -3.58. The molecule has 0 aromatic heterocycles. The molecule has 1 aliphatic rings. The van der Waals surface area contributed by atoms with E-state index in [1.165, 1.54) is 18.4 Å². The van der Waals surface area contributed by atoms with E-state index in [1.54, 1.807) is 30.3 Å². The molecule has 4 nitrogen and oxygen atoms in total. The number of rotatable bonds is 7. The summed E-state index contributed by atoms with van der Waals surface area (Å²) in [6.45, 7) is 9.28. The Morgan fingerprint density at radius 1 is 1.15 bits per heavy atom. The monoisotopic (exact) mass is 370 g/mol. The Bertz CT molecular complexity index is 843. The van der Waals surface area contributed by atoms with Gasteiger partial charge in [0.2, 0.25) is 0 Å². The molecule has 3 rings (SSSR count). The van der Waals surface area contributed by atoms with Crippen molar-refractivity contribution in [3.05, 3.63) is 66.2 Å². The van der Waals surface area contributed by atoms with Crippen LogP contribution in [0.3, 0.4) is 0 Å². The highest BCUT2D eigenvalue weighted by molar-refractivity contribution is 7.92. The highest BCUT2D eigenvalue weighted by atomic mass is 32.2. The van der Waals surface area contributed by atoms with E-state index in [9.17, 15) is 8.42 Å². The molecule has 1 N–H and O–H groups in total. The number of hydrogen-bond acceptors (Lipinski definition) is 3. The Balaban J connectivity index is 1.67. The van der Waals surface area contributed by atoms with Crippen molar-refractivity contribution in [2.24, 2.45) is 0 Å². The highest BCUT2D eigenvalue weighted by Gasteiger charge is 2.23. The van der Waals surface area contributed by atoms with Gasteiger partial charge in [-0.25, -0.2) is 8.42 Å². The van der Waals surface area contributed by atoms with Crippen LogP contribution in [0.5, 0.6) is 0 Å². The zero-order valence-electron chi connectivity index (χ0n) is 15.2.